The molecule has 1 atom stereocenters. The minimum absolute atomic E-state index is 0.0529. The van der Waals surface area contributed by atoms with Crippen LogP contribution in [0.5, 0.6) is 5.75 Å². The molecule has 1 rings (SSSR count). The zero-order valence-electron chi connectivity index (χ0n) is 11.1. The Kier molecular flexibility index (Phi) is 5.16. The van der Waals surface area contributed by atoms with Gasteiger partial charge in [-0.15, -0.1) is 0 Å². The van der Waals surface area contributed by atoms with Gasteiger partial charge in [-0.2, -0.15) is 0 Å². The predicted octanol–water partition coefficient (Wildman–Crippen LogP) is 2.47. The van der Waals surface area contributed by atoms with Gasteiger partial charge in [-0.25, -0.2) is 0 Å². The largest absolute Gasteiger partial charge is 0.497 e. The number of ether oxygens (including phenoxy) is 1. The molecule has 1 aromatic carbocycles. The number of rotatable bonds is 6. The van der Waals surface area contributed by atoms with E-state index in [9.17, 15) is 4.79 Å². The van der Waals surface area contributed by atoms with Gasteiger partial charge in [-0.05, 0) is 32.6 Å². The Labute approximate surface area is 103 Å². The van der Waals surface area contributed by atoms with Crippen LogP contribution in [0.2, 0.25) is 0 Å². The second-order valence-electron chi connectivity index (χ2n) is 4.46. The smallest absolute Gasteiger partial charge is 0.167 e. The minimum Gasteiger partial charge on any atom is -0.497 e. The van der Waals surface area contributed by atoms with Crippen LogP contribution in [0.3, 0.4) is 0 Å². The molecule has 0 aromatic heterocycles. The number of hydrogen-bond donors (Lipinski definition) is 0. The standard InChI is InChI=1S/C14H21NO2/c1-5-11(10-15(2)3)14(16)12-7-6-8-13(9-12)17-4/h6-9,11H,5,10H2,1-4H3. The van der Waals surface area contributed by atoms with Gasteiger partial charge in [0.2, 0.25) is 0 Å². The van der Waals surface area contributed by atoms with Crippen molar-refractivity contribution in [3.63, 3.8) is 0 Å². The van der Waals surface area contributed by atoms with Gasteiger partial charge in [-0.3, -0.25) is 4.79 Å². The molecule has 3 nitrogen and oxygen atoms in total. The molecule has 0 N–H and O–H groups in total. The number of Topliss-reactive ketones (excluding diaryl/α,β-unsaturated/α-hetero) is 1. The van der Waals surface area contributed by atoms with E-state index in [0.29, 0.717) is 0 Å². The maximum absolute atomic E-state index is 12.3. The molecule has 0 radical (unpaired) electrons. The van der Waals surface area contributed by atoms with E-state index in [1.807, 2.05) is 44.1 Å². The van der Waals surface area contributed by atoms with E-state index < -0.39 is 0 Å². The number of methoxy groups -OCH3 is 1. The average Bonchev–Trinajstić information content (AvgIpc) is 2.35. The van der Waals surface area contributed by atoms with Gasteiger partial charge >= 0.3 is 0 Å². The summed E-state index contributed by atoms with van der Waals surface area (Å²) in [5.74, 6) is 0.979. The normalized spacial score (nSPS) is 12.5. The summed E-state index contributed by atoms with van der Waals surface area (Å²) >= 11 is 0. The van der Waals surface area contributed by atoms with Gasteiger partial charge in [0.25, 0.3) is 0 Å². The van der Waals surface area contributed by atoms with Crippen molar-refractivity contribution < 1.29 is 9.53 Å². The predicted molar refractivity (Wildman–Crippen MR) is 69.7 cm³/mol. The highest BCUT2D eigenvalue weighted by Crippen LogP contribution is 2.18. The monoisotopic (exact) mass is 235 g/mol. The minimum atomic E-state index is 0.0529. The Hall–Kier alpha value is -1.35. The lowest BCUT2D eigenvalue weighted by molar-refractivity contribution is 0.0893. The van der Waals surface area contributed by atoms with E-state index in [2.05, 4.69) is 0 Å². The summed E-state index contributed by atoms with van der Waals surface area (Å²) in [5, 5.41) is 0. The van der Waals surface area contributed by atoms with E-state index in [4.69, 9.17) is 4.74 Å². The van der Waals surface area contributed by atoms with Crippen molar-refractivity contribution in [2.75, 3.05) is 27.7 Å². The first-order valence-electron chi connectivity index (χ1n) is 5.91. The second kappa shape index (κ2) is 6.40. The quantitative estimate of drug-likeness (QED) is 0.709. The second-order valence-corrected chi connectivity index (χ2v) is 4.46. The number of benzene rings is 1. The number of hydrogen-bond acceptors (Lipinski definition) is 3. The maximum Gasteiger partial charge on any atom is 0.167 e. The molecular formula is C14H21NO2. The zero-order valence-corrected chi connectivity index (χ0v) is 11.1. The van der Waals surface area contributed by atoms with Crippen LogP contribution in [0.25, 0.3) is 0 Å². The fourth-order valence-corrected chi connectivity index (χ4v) is 1.85. The molecule has 0 spiro atoms. The SMILES string of the molecule is CCC(CN(C)C)C(=O)c1cccc(OC)c1. The van der Waals surface area contributed by atoms with Crippen LogP contribution in [-0.4, -0.2) is 38.4 Å². The zero-order chi connectivity index (χ0) is 12.8. The molecule has 0 amide bonds. The molecule has 0 saturated carbocycles. The molecular weight excluding hydrogens is 214 g/mol. The lowest BCUT2D eigenvalue weighted by Gasteiger charge is -2.18. The van der Waals surface area contributed by atoms with Crippen LogP contribution in [0.15, 0.2) is 24.3 Å². The van der Waals surface area contributed by atoms with Crippen molar-refractivity contribution in [3.8, 4) is 5.75 Å². The number of carbonyl (C=O) groups excluding carboxylic acids is 1. The highest BCUT2D eigenvalue weighted by molar-refractivity contribution is 5.98. The van der Waals surface area contributed by atoms with Gasteiger partial charge in [0.15, 0.2) is 5.78 Å². The first-order chi connectivity index (χ1) is 8.08. The molecule has 0 aliphatic carbocycles. The van der Waals surface area contributed by atoms with Gasteiger partial charge in [0.05, 0.1) is 7.11 Å². The van der Waals surface area contributed by atoms with Crippen LogP contribution in [0, 0.1) is 5.92 Å². The lowest BCUT2D eigenvalue weighted by atomic mass is 9.95. The summed E-state index contributed by atoms with van der Waals surface area (Å²) in [6.07, 6.45) is 0.855. The summed E-state index contributed by atoms with van der Waals surface area (Å²) in [6, 6.07) is 7.36. The highest BCUT2D eigenvalue weighted by atomic mass is 16.5. The summed E-state index contributed by atoms with van der Waals surface area (Å²) < 4.78 is 5.14. The maximum atomic E-state index is 12.3. The van der Waals surface area contributed by atoms with Crippen LogP contribution in [0.4, 0.5) is 0 Å². The third kappa shape index (κ3) is 3.86. The summed E-state index contributed by atoms with van der Waals surface area (Å²) in [4.78, 5) is 14.3. The van der Waals surface area contributed by atoms with Crippen LogP contribution < -0.4 is 4.74 Å². The molecule has 0 fully saturated rings. The molecule has 0 aliphatic heterocycles. The molecule has 0 aliphatic rings. The van der Waals surface area contributed by atoms with Crippen molar-refractivity contribution in [1.82, 2.24) is 4.90 Å². The number of ketones is 1. The Morgan fingerprint density at radius 3 is 2.65 bits per heavy atom. The number of carbonyl (C=O) groups is 1. The molecule has 1 aromatic rings. The first-order valence-corrected chi connectivity index (χ1v) is 5.91. The lowest BCUT2D eigenvalue weighted by Crippen LogP contribution is -2.27. The summed E-state index contributed by atoms with van der Waals surface area (Å²) in [7, 11) is 5.59. The molecule has 0 bridgehead atoms. The Morgan fingerprint density at radius 1 is 1.41 bits per heavy atom. The molecule has 94 valence electrons. The third-order valence-electron chi connectivity index (χ3n) is 2.80. The van der Waals surface area contributed by atoms with Gasteiger partial charge < -0.3 is 9.64 Å². The Morgan fingerprint density at radius 2 is 2.12 bits per heavy atom. The summed E-state index contributed by atoms with van der Waals surface area (Å²) in [5.41, 5.74) is 0.734. The molecule has 0 heterocycles. The van der Waals surface area contributed by atoms with E-state index in [0.717, 1.165) is 24.3 Å². The van der Waals surface area contributed by atoms with Crippen molar-refractivity contribution >= 4 is 5.78 Å². The van der Waals surface area contributed by atoms with Crippen molar-refractivity contribution in [2.45, 2.75) is 13.3 Å². The summed E-state index contributed by atoms with van der Waals surface area (Å²) in [6.45, 7) is 2.83. The van der Waals surface area contributed by atoms with Crippen LogP contribution in [0.1, 0.15) is 23.7 Å². The van der Waals surface area contributed by atoms with Crippen molar-refractivity contribution in [3.05, 3.63) is 29.8 Å². The fraction of sp³-hybridized carbons (Fsp3) is 0.500. The Bertz CT molecular complexity index is 374. The molecule has 1 unspecified atom stereocenters. The number of nitrogens with zero attached hydrogens (tertiary/aromatic N) is 1. The molecule has 17 heavy (non-hydrogen) atoms. The first kappa shape index (κ1) is 13.7. The Balaban J connectivity index is 2.85. The van der Waals surface area contributed by atoms with E-state index >= 15 is 0 Å². The topological polar surface area (TPSA) is 29.5 Å². The van der Waals surface area contributed by atoms with E-state index in [1.54, 1.807) is 13.2 Å². The van der Waals surface area contributed by atoms with Gasteiger partial charge in [0, 0.05) is 18.0 Å². The van der Waals surface area contributed by atoms with Crippen LogP contribution >= 0.6 is 0 Å². The fourth-order valence-electron chi connectivity index (χ4n) is 1.85. The van der Waals surface area contributed by atoms with Gasteiger partial charge in [-0.1, -0.05) is 19.1 Å². The van der Waals surface area contributed by atoms with E-state index in [-0.39, 0.29) is 11.7 Å². The van der Waals surface area contributed by atoms with Crippen molar-refractivity contribution in [2.24, 2.45) is 5.92 Å². The van der Waals surface area contributed by atoms with Crippen LogP contribution in [-0.2, 0) is 0 Å². The van der Waals surface area contributed by atoms with E-state index in [1.165, 1.54) is 0 Å². The van der Waals surface area contributed by atoms with Gasteiger partial charge in [0.1, 0.15) is 5.75 Å². The highest BCUT2D eigenvalue weighted by Gasteiger charge is 2.19. The third-order valence-corrected chi connectivity index (χ3v) is 2.80. The van der Waals surface area contributed by atoms with Crippen molar-refractivity contribution in [1.29, 1.82) is 0 Å². The molecule has 3 heteroatoms. The molecule has 0 saturated heterocycles. The average molecular weight is 235 g/mol.